The molecule has 1 atom stereocenters. The third kappa shape index (κ3) is 4.21. The molecule has 0 fully saturated rings. The van der Waals surface area contributed by atoms with E-state index in [1.807, 2.05) is 42.5 Å². The van der Waals surface area contributed by atoms with E-state index in [2.05, 4.69) is 17.4 Å². The Kier molecular flexibility index (Phi) is 4.91. The van der Waals surface area contributed by atoms with E-state index in [0.717, 1.165) is 16.7 Å². The van der Waals surface area contributed by atoms with Crippen LogP contribution in [-0.2, 0) is 11.2 Å². The quantitative estimate of drug-likeness (QED) is 0.875. The normalized spacial score (nSPS) is 11.9. The van der Waals surface area contributed by atoms with Gasteiger partial charge in [0.2, 0.25) is 5.91 Å². The van der Waals surface area contributed by atoms with Crippen LogP contribution in [0.4, 0.5) is 0 Å². The highest BCUT2D eigenvalue weighted by molar-refractivity contribution is 5.78. The number of aliphatic hydroxyl groups excluding tert-OH is 1. The van der Waals surface area contributed by atoms with Crippen LogP contribution in [0.3, 0.4) is 0 Å². The zero-order chi connectivity index (χ0) is 14.4. The molecule has 0 aromatic heterocycles. The van der Waals surface area contributed by atoms with Crippen molar-refractivity contribution in [3.8, 4) is 11.1 Å². The Hall–Kier alpha value is -2.13. The lowest BCUT2D eigenvalue weighted by Crippen LogP contribution is -2.31. The van der Waals surface area contributed by atoms with Crippen molar-refractivity contribution >= 4 is 5.91 Å². The highest BCUT2D eigenvalue weighted by Gasteiger charge is 2.05. The molecule has 0 aliphatic heterocycles. The molecule has 1 amide bonds. The molecule has 20 heavy (non-hydrogen) atoms. The lowest BCUT2D eigenvalue weighted by molar-refractivity contribution is -0.120. The molecule has 0 heterocycles. The van der Waals surface area contributed by atoms with Gasteiger partial charge in [-0.15, -0.1) is 0 Å². The third-order valence-corrected chi connectivity index (χ3v) is 3.02. The molecule has 2 aromatic rings. The third-order valence-electron chi connectivity index (χ3n) is 3.02. The van der Waals surface area contributed by atoms with E-state index in [4.69, 9.17) is 5.11 Å². The maximum Gasteiger partial charge on any atom is 0.224 e. The summed E-state index contributed by atoms with van der Waals surface area (Å²) in [6, 6.07) is 18.1. The van der Waals surface area contributed by atoms with Gasteiger partial charge in [0, 0.05) is 6.54 Å². The maximum atomic E-state index is 11.6. The van der Waals surface area contributed by atoms with Gasteiger partial charge in [-0.2, -0.15) is 0 Å². The van der Waals surface area contributed by atoms with E-state index in [-0.39, 0.29) is 5.91 Å². The average Bonchev–Trinajstić information content (AvgIpc) is 2.47. The van der Waals surface area contributed by atoms with Crippen molar-refractivity contribution in [2.75, 3.05) is 6.54 Å². The second-order valence-corrected chi connectivity index (χ2v) is 4.89. The number of amides is 1. The van der Waals surface area contributed by atoms with Crippen molar-refractivity contribution in [3.63, 3.8) is 0 Å². The van der Waals surface area contributed by atoms with Crippen LogP contribution in [0.15, 0.2) is 54.6 Å². The lowest BCUT2D eigenvalue weighted by Gasteiger charge is -2.08. The predicted octanol–water partition coefficient (Wildman–Crippen LogP) is 2.39. The number of hydrogen-bond acceptors (Lipinski definition) is 2. The summed E-state index contributed by atoms with van der Waals surface area (Å²) < 4.78 is 0. The zero-order valence-corrected chi connectivity index (χ0v) is 11.5. The first-order valence-corrected chi connectivity index (χ1v) is 6.74. The SMILES string of the molecule is CC(O)CNC(=O)Cc1ccc(-c2ccccc2)cc1. The number of carbonyl (C=O) groups is 1. The maximum absolute atomic E-state index is 11.6. The van der Waals surface area contributed by atoms with Crippen molar-refractivity contribution in [1.29, 1.82) is 0 Å². The van der Waals surface area contributed by atoms with Crippen LogP contribution < -0.4 is 5.32 Å². The van der Waals surface area contributed by atoms with Gasteiger partial charge in [0.15, 0.2) is 0 Å². The van der Waals surface area contributed by atoms with E-state index in [0.29, 0.717) is 13.0 Å². The van der Waals surface area contributed by atoms with E-state index in [9.17, 15) is 4.79 Å². The van der Waals surface area contributed by atoms with Crippen LogP contribution in [-0.4, -0.2) is 23.7 Å². The molecule has 0 saturated carbocycles. The summed E-state index contributed by atoms with van der Waals surface area (Å²) in [5.41, 5.74) is 3.27. The van der Waals surface area contributed by atoms with Crippen LogP contribution in [0.1, 0.15) is 12.5 Å². The van der Waals surface area contributed by atoms with Gasteiger partial charge in [0.25, 0.3) is 0 Å². The molecular formula is C17H19NO2. The zero-order valence-electron chi connectivity index (χ0n) is 11.5. The molecule has 1 unspecified atom stereocenters. The highest BCUT2D eigenvalue weighted by Crippen LogP contribution is 2.19. The van der Waals surface area contributed by atoms with Crippen LogP contribution in [0.2, 0.25) is 0 Å². The Labute approximate surface area is 119 Å². The first kappa shape index (κ1) is 14.3. The second-order valence-electron chi connectivity index (χ2n) is 4.89. The first-order chi connectivity index (χ1) is 9.65. The topological polar surface area (TPSA) is 49.3 Å². The Morgan fingerprint density at radius 2 is 1.65 bits per heavy atom. The number of aliphatic hydroxyl groups is 1. The fraction of sp³-hybridized carbons (Fsp3) is 0.235. The van der Waals surface area contributed by atoms with Gasteiger partial charge < -0.3 is 10.4 Å². The fourth-order valence-electron chi connectivity index (χ4n) is 1.96. The molecule has 0 radical (unpaired) electrons. The molecule has 2 rings (SSSR count). The van der Waals surface area contributed by atoms with Crippen LogP contribution in [0.5, 0.6) is 0 Å². The minimum atomic E-state index is -0.514. The largest absolute Gasteiger partial charge is 0.392 e. The van der Waals surface area contributed by atoms with E-state index in [1.54, 1.807) is 6.92 Å². The summed E-state index contributed by atoms with van der Waals surface area (Å²) in [6.07, 6.45) is -0.179. The van der Waals surface area contributed by atoms with Gasteiger partial charge in [-0.3, -0.25) is 4.79 Å². The van der Waals surface area contributed by atoms with Gasteiger partial charge in [0.05, 0.1) is 12.5 Å². The minimum Gasteiger partial charge on any atom is -0.392 e. The summed E-state index contributed by atoms with van der Waals surface area (Å²) in [6.45, 7) is 1.94. The minimum absolute atomic E-state index is 0.0710. The highest BCUT2D eigenvalue weighted by atomic mass is 16.3. The molecule has 3 heteroatoms. The van der Waals surface area contributed by atoms with Gasteiger partial charge in [0.1, 0.15) is 0 Å². The molecule has 0 spiro atoms. The predicted molar refractivity (Wildman–Crippen MR) is 80.3 cm³/mol. The molecule has 2 aromatic carbocycles. The van der Waals surface area contributed by atoms with Crippen LogP contribution in [0.25, 0.3) is 11.1 Å². The van der Waals surface area contributed by atoms with Crippen molar-refractivity contribution in [2.45, 2.75) is 19.4 Å². The molecular weight excluding hydrogens is 250 g/mol. The number of nitrogens with one attached hydrogen (secondary N) is 1. The summed E-state index contributed by atoms with van der Waals surface area (Å²) in [4.78, 5) is 11.6. The van der Waals surface area contributed by atoms with Crippen molar-refractivity contribution in [3.05, 3.63) is 60.2 Å². The van der Waals surface area contributed by atoms with Crippen LogP contribution >= 0.6 is 0 Å². The van der Waals surface area contributed by atoms with E-state index < -0.39 is 6.10 Å². The monoisotopic (exact) mass is 269 g/mol. The molecule has 104 valence electrons. The summed E-state index contributed by atoms with van der Waals surface area (Å²) in [5, 5.41) is 11.8. The summed E-state index contributed by atoms with van der Waals surface area (Å²) in [5.74, 6) is -0.0710. The Morgan fingerprint density at radius 1 is 1.05 bits per heavy atom. The van der Waals surface area contributed by atoms with Crippen LogP contribution in [0, 0.1) is 0 Å². The molecule has 2 N–H and O–H groups in total. The Morgan fingerprint density at radius 3 is 2.25 bits per heavy atom. The number of carbonyl (C=O) groups excluding carboxylic acids is 1. The van der Waals surface area contributed by atoms with Crippen molar-refractivity contribution < 1.29 is 9.90 Å². The van der Waals surface area contributed by atoms with Crippen molar-refractivity contribution in [1.82, 2.24) is 5.32 Å². The summed E-state index contributed by atoms with van der Waals surface area (Å²) >= 11 is 0. The van der Waals surface area contributed by atoms with Gasteiger partial charge in [-0.25, -0.2) is 0 Å². The van der Waals surface area contributed by atoms with Gasteiger partial charge in [-0.1, -0.05) is 54.6 Å². The molecule has 0 aliphatic rings. The molecule has 0 bridgehead atoms. The van der Waals surface area contributed by atoms with Gasteiger partial charge >= 0.3 is 0 Å². The standard InChI is InChI=1S/C17H19NO2/c1-13(19)12-18-17(20)11-14-7-9-16(10-8-14)15-5-3-2-4-6-15/h2-10,13,19H,11-12H2,1H3,(H,18,20). The molecule has 3 nitrogen and oxygen atoms in total. The van der Waals surface area contributed by atoms with E-state index in [1.165, 1.54) is 0 Å². The number of benzene rings is 2. The first-order valence-electron chi connectivity index (χ1n) is 6.74. The average molecular weight is 269 g/mol. The molecule has 0 saturated heterocycles. The second kappa shape index (κ2) is 6.87. The molecule has 0 aliphatic carbocycles. The smallest absolute Gasteiger partial charge is 0.224 e. The summed E-state index contributed by atoms with van der Waals surface area (Å²) in [7, 11) is 0. The van der Waals surface area contributed by atoms with E-state index >= 15 is 0 Å². The van der Waals surface area contributed by atoms with Gasteiger partial charge in [-0.05, 0) is 23.6 Å². The Bertz CT molecular complexity index is 547. The number of hydrogen-bond donors (Lipinski definition) is 2. The fourth-order valence-corrected chi connectivity index (χ4v) is 1.96. The van der Waals surface area contributed by atoms with Crippen molar-refractivity contribution in [2.24, 2.45) is 0 Å². The number of rotatable bonds is 5. The Balaban J connectivity index is 1.97. The lowest BCUT2D eigenvalue weighted by atomic mass is 10.0.